The number of hydrogen-bond donors (Lipinski definition) is 1. The van der Waals surface area contributed by atoms with Crippen molar-refractivity contribution in [1.29, 1.82) is 0 Å². The van der Waals surface area contributed by atoms with Gasteiger partial charge in [-0.2, -0.15) is 13.2 Å². The third-order valence-electron chi connectivity index (χ3n) is 4.13. The lowest BCUT2D eigenvalue weighted by molar-refractivity contribution is -0.385. The summed E-state index contributed by atoms with van der Waals surface area (Å²) in [6, 6.07) is 5.97. The van der Waals surface area contributed by atoms with E-state index in [-0.39, 0.29) is 33.5 Å². The summed E-state index contributed by atoms with van der Waals surface area (Å²) in [5, 5.41) is 10.7. The molecule has 194 valence electrons. The molecule has 0 amide bonds. The van der Waals surface area contributed by atoms with Gasteiger partial charge in [-0.25, -0.2) is 0 Å². The van der Waals surface area contributed by atoms with Gasteiger partial charge in [0, 0.05) is 6.07 Å². The zero-order valence-electron chi connectivity index (χ0n) is 18.6. The lowest BCUT2D eigenvalue weighted by atomic mass is 10.1. The van der Waals surface area contributed by atoms with Crippen molar-refractivity contribution < 1.29 is 46.7 Å². The smallest absolute Gasteiger partial charge is 0.416 e. The average Bonchev–Trinajstić information content (AvgIpc) is 2.82. The van der Waals surface area contributed by atoms with E-state index in [0.29, 0.717) is 17.8 Å². The molecule has 0 aliphatic rings. The Balaban J connectivity index is 2.24. The molecule has 0 radical (unpaired) electrons. The van der Waals surface area contributed by atoms with E-state index in [2.05, 4.69) is 10.2 Å². The van der Waals surface area contributed by atoms with E-state index in [1.54, 1.807) is 0 Å². The van der Waals surface area contributed by atoms with Crippen LogP contribution in [0, 0.1) is 10.1 Å². The van der Waals surface area contributed by atoms with Crippen LogP contribution in [0.5, 0.6) is 11.5 Å². The van der Waals surface area contributed by atoms with Crippen LogP contribution in [-0.4, -0.2) is 42.6 Å². The number of benzene rings is 2. The van der Waals surface area contributed by atoms with Gasteiger partial charge in [0.1, 0.15) is 30.1 Å². The van der Waals surface area contributed by atoms with Crippen molar-refractivity contribution in [3.05, 3.63) is 68.9 Å². The normalized spacial score (nSPS) is 11.6. The number of carbonyl (C=O) groups excluding carboxylic acids is 2. The Morgan fingerprint density at radius 2 is 1.92 bits per heavy atom. The van der Waals surface area contributed by atoms with E-state index in [0.717, 1.165) is 24.5 Å². The number of alkyl halides is 3. The van der Waals surface area contributed by atoms with E-state index < -0.39 is 40.0 Å². The van der Waals surface area contributed by atoms with Crippen molar-refractivity contribution in [3.8, 4) is 11.5 Å². The van der Waals surface area contributed by atoms with Crippen LogP contribution in [0.4, 0.5) is 18.9 Å². The first-order chi connectivity index (χ1) is 17.0. The van der Waals surface area contributed by atoms with E-state index in [1.165, 1.54) is 26.4 Å². The monoisotopic (exact) mass is 550 g/mol. The topological polar surface area (TPSA) is 126 Å². The molecule has 0 saturated heterocycles. The number of hydrogen-bond acceptors (Lipinski definition) is 10. The highest BCUT2D eigenvalue weighted by Crippen LogP contribution is 2.37. The summed E-state index contributed by atoms with van der Waals surface area (Å²) < 4.78 is 53.5. The van der Waals surface area contributed by atoms with Gasteiger partial charge in [-0.15, -0.1) is 0 Å². The molecule has 0 aliphatic heterocycles. The number of thioether (sulfide) groups is 1. The zero-order chi connectivity index (χ0) is 26.9. The molecule has 0 atom stereocenters. The molecule has 0 saturated carbocycles. The van der Waals surface area contributed by atoms with Gasteiger partial charge in [-0.1, -0.05) is 23.4 Å². The standard InChI is InChI=1S/C21H18ClF3N2O8S/c1-32-9-16(26-34-10-20(29)36-11-19(28)33-2)14-8-13(4-5-17(14)27(30)31)35-18-6-3-12(7-15(18)22)21(23,24)25/h3-9,26H,10-11H2,1-2H3. The summed E-state index contributed by atoms with van der Waals surface area (Å²) in [5.41, 5.74) is 0.795. The molecule has 0 bridgehead atoms. The third-order valence-corrected chi connectivity index (χ3v) is 5.24. The minimum absolute atomic E-state index is 0.00854. The molecule has 0 aromatic heterocycles. The number of nitro groups is 1. The average molecular weight is 551 g/mol. The van der Waals surface area contributed by atoms with E-state index in [1.807, 2.05) is 0 Å². The minimum Gasteiger partial charge on any atom is -0.502 e. The summed E-state index contributed by atoms with van der Waals surface area (Å²) in [6.45, 7) is -0.520. The molecule has 2 aromatic rings. The van der Waals surface area contributed by atoms with Crippen molar-refractivity contribution in [1.82, 2.24) is 5.48 Å². The van der Waals surface area contributed by atoms with Crippen LogP contribution < -0.4 is 10.2 Å². The molecular formula is C21H18ClF3N2O8S. The second kappa shape index (κ2) is 13.0. The Morgan fingerprint density at radius 1 is 1.19 bits per heavy atom. The van der Waals surface area contributed by atoms with Crippen molar-refractivity contribution >= 4 is 45.8 Å². The van der Waals surface area contributed by atoms with Gasteiger partial charge in [0.15, 0.2) is 0 Å². The van der Waals surface area contributed by atoms with Gasteiger partial charge in [0.05, 0.1) is 41.0 Å². The van der Waals surface area contributed by atoms with Gasteiger partial charge in [-0.05, 0) is 30.3 Å². The minimum atomic E-state index is -4.60. The van der Waals surface area contributed by atoms with Crippen molar-refractivity contribution in [2.45, 2.75) is 6.18 Å². The molecule has 2 aromatic carbocycles. The first-order valence-corrected chi connectivity index (χ1v) is 11.0. The fraction of sp³-hybridized carbons (Fsp3) is 0.238. The molecule has 2 rings (SSSR count). The maximum atomic E-state index is 12.9. The second-order valence-electron chi connectivity index (χ2n) is 6.58. The lowest BCUT2D eigenvalue weighted by Crippen LogP contribution is -2.19. The molecule has 10 nitrogen and oxygen atoms in total. The highest BCUT2D eigenvalue weighted by Gasteiger charge is 2.31. The van der Waals surface area contributed by atoms with Crippen LogP contribution in [-0.2, 0) is 30.1 Å². The van der Waals surface area contributed by atoms with Crippen LogP contribution in [0.15, 0.2) is 42.7 Å². The molecule has 15 heteroatoms. The number of halogens is 4. The molecule has 0 unspecified atom stereocenters. The van der Waals surface area contributed by atoms with Crippen molar-refractivity contribution in [2.24, 2.45) is 0 Å². The highest BCUT2D eigenvalue weighted by atomic mass is 35.5. The largest absolute Gasteiger partial charge is 0.502 e. The van der Waals surface area contributed by atoms with E-state index in [9.17, 15) is 32.9 Å². The Morgan fingerprint density at radius 3 is 2.50 bits per heavy atom. The second-order valence-corrected chi connectivity index (χ2v) is 8.02. The first-order valence-electron chi connectivity index (χ1n) is 9.62. The number of hydroxylamine groups is 1. The number of ether oxygens (including phenoxy) is 3. The maximum absolute atomic E-state index is 12.9. The van der Waals surface area contributed by atoms with Crippen molar-refractivity contribution in [3.63, 3.8) is 0 Å². The van der Waals surface area contributed by atoms with Crippen LogP contribution in [0.2, 0.25) is 5.02 Å². The molecule has 0 spiro atoms. The fourth-order valence-electron chi connectivity index (χ4n) is 2.51. The molecule has 36 heavy (non-hydrogen) atoms. The van der Waals surface area contributed by atoms with Crippen LogP contribution >= 0.6 is 23.4 Å². The Labute approximate surface area is 211 Å². The number of esters is 1. The van der Waals surface area contributed by atoms with E-state index in [4.69, 9.17) is 25.9 Å². The summed E-state index contributed by atoms with van der Waals surface area (Å²) in [6.07, 6.45) is -3.54. The quantitative estimate of drug-likeness (QED) is 0.177. The molecule has 1 N–H and O–H groups in total. The van der Waals surface area contributed by atoms with Gasteiger partial charge in [-0.3, -0.25) is 30.0 Å². The molecule has 0 fully saturated rings. The van der Waals surface area contributed by atoms with Gasteiger partial charge in [0.25, 0.3) is 5.69 Å². The van der Waals surface area contributed by atoms with Crippen LogP contribution in [0.25, 0.3) is 5.70 Å². The number of nitro benzene ring substituents is 1. The maximum Gasteiger partial charge on any atom is 0.416 e. The Hall–Kier alpha value is -3.49. The lowest BCUT2D eigenvalue weighted by Gasteiger charge is -2.14. The zero-order valence-corrected chi connectivity index (χ0v) is 20.2. The number of rotatable bonds is 11. The summed E-state index contributed by atoms with van der Waals surface area (Å²) in [4.78, 5) is 38.8. The van der Waals surface area contributed by atoms with Gasteiger partial charge in [0.2, 0.25) is 5.12 Å². The number of carbonyl (C=O) groups is 2. The van der Waals surface area contributed by atoms with Gasteiger partial charge >= 0.3 is 12.1 Å². The molecule has 0 aliphatic carbocycles. The first kappa shape index (κ1) is 28.7. The fourth-order valence-corrected chi connectivity index (χ4v) is 3.27. The number of nitrogens with one attached hydrogen (secondary N) is 1. The van der Waals surface area contributed by atoms with E-state index >= 15 is 0 Å². The SMILES string of the molecule is COC=C(NOCC(=O)SCC(=O)OC)c1cc(Oc2ccc(C(F)(F)F)cc2Cl)ccc1[N+](=O)[O-]. The summed E-state index contributed by atoms with van der Waals surface area (Å²) >= 11 is 6.56. The highest BCUT2D eigenvalue weighted by molar-refractivity contribution is 8.14. The van der Waals surface area contributed by atoms with Crippen molar-refractivity contribution in [2.75, 3.05) is 26.6 Å². The van der Waals surface area contributed by atoms with Crippen LogP contribution in [0.3, 0.4) is 0 Å². The predicted octanol–water partition coefficient (Wildman–Crippen LogP) is 4.96. The summed E-state index contributed by atoms with van der Waals surface area (Å²) in [5.74, 6) is -0.969. The number of methoxy groups -OCH3 is 2. The van der Waals surface area contributed by atoms with Gasteiger partial charge < -0.3 is 14.2 Å². The predicted molar refractivity (Wildman–Crippen MR) is 123 cm³/mol. The Kier molecular flexibility index (Phi) is 10.4. The Bertz CT molecular complexity index is 1160. The number of nitrogens with zero attached hydrogens (tertiary/aromatic N) is 1. The molecular weight excluding hydrogens is 533 g/mol. The third kappa shape index (κ3) is 8.32. The van der Waals surface area contributed by atoms with Crippen LogP contribution in [0.1, 0.15) is 11.1 Å². The molecule has 0 heterocycles. The summed E-state index contributed by atoms with van der Waals surface area (Å²) in [7, 11) is 2.43.